The van der Waals surface area contributed by atoms with E-state index in [-0.39, 0.29) is 25.4 Å². The topological polar surface area (TPSA) is 89.9 Å². The maximum atomic E-state index is 11.6. The van der Waals surface area contributed by atoms with E-state index in [1.54, 1.807) is 6.08 Å². The summed E-state index contributed by atoms with van der Waals surface area (Å²) in [6.45, 7) is 4.12. The molecule has 6 heteroatoms. The Bertz CT molecular complexity index is 293. The van der Waals surface area contributed by atoms with Crippen LogP contribution < -0.4 is 5.32 Å². The Balaban J connectivity index is 2.53. The minimum Gasteiger partial charge on any atom is -0.480 e. The number of aliphatic hydroxyl groups excluding tert-OH is 1. The first-order valence-corrected chi connectivity index (χ1v) is 5.08. The van der Waals surface area contributed by atoms with Gasteiger partial charge in [0.2, 0.25) is 5.91 Å². The fraction of sp³-hybridized carbons (Fsp3) is 0.600. The summed E-state index contributed by atoms with van der Waals surface area (Å²) in [6.07, 6.45) is 0.966. The van der Waals surface area contributed by atoms with Gasteiger partial charge in [0.15, 0.2) is 0 Å². The third-order valence-electron chi connectivity index (χ3n) is 2.45. The van der Waals surface area contributed by atoms with Gasteiger partial charge in [-0.05, 0) is 0 Å². The lowest BCUT2D eigenvalue weighted by molar-refractivity contribution is -0.147. The maximum absolute atomic E-state index is 11.6. The molecule has 0 aliphatic carbocycles. The predicted octanol–water partition coefficient (Wildman–Crippen LogP) is -1.19. The van der Waals surface area contributed by atoms with Crippen LogP contribution in [0, 0.1) is 0 Å². The van der Waals surface area contributed by atoms with Crippen molar-refractivity contribution >= 4 is 11.9 Å². The molecular formula is C10H16N2O4. The molecular weight excluding hydrogens is 212 g/mol. The number of carbonyl (C=O) groups excluding carboxylic acids is 1. The number of carboxylic acids is 1. The molecule has 1 heterocycles. The first-order valence-electron chi connectivity index (χ1n) is 5.08. The van der Waals surface area contributed by atoms with Crippen molar-refractivity contribution in [2.45, 2.75) is 18.6 Å². The van der Waals surface area contributed by atoms with E-state index in [4.69, 9.17) is 5.11 Å². The van der Waals surface area contributed by atoms with Crippen LogP contribution in [-0.4, -0.2) is 58.8 Å². The zero-order chi connectivity index (χ0) is 12.1. The van der Waals surface area contributed by atoms with Gasteiger partial charge in [-0.1, -0.05) is 6.08 Å². The molecule has 0 radical (unpaired) electrons. The van der Waals surface area contributed by atoms with Gasteiger partial charge in [-0.2, -0.15) is 0 Å². The first kappa shape index (κ1) is 12.7. The molecule has 1 saturated heterocycles. The molecule has 0 spiro atoms. The lowest BCUT2D eigenvalue weighted by atomic mass is 10.2. The minimum atomic E-state index is -1.08. The Morgan fingerprint density at radius 1 is 1.56 bits per heavy atom. The molecule has 1 rings (SSSR count). The second-order valence-electron chi connectivity index (χ2n) is 3.71. The Hall–Kier alpha value is -1.40. The number of hydrogen-bond donors (Lipinski definition) is 3. The Morgan fingerprint density at radius 2 is 2.25 bits per heavy atom. The normalized spacial score (nSPS) is 24.4. The first-order chi connectivity index (χ1) is 7.56. The number of β-amino-alcohol motifs (C(OH)–C–C–N with tert-alkyl or cyclic N) is 1. The van der Waals surface area contributed by atoms with E-state index in [9.17, 15) is 14.7 Å². The number of rotatable bonds is 5. The van der Waals surface area contributed by atoms with E-state index in [1.165, 1.54) is 4.90 Å². The smallest absolute Gasteiger partial charge is 0.326 e. The van der Waals surface area contributed by atoms with Crippen molar-refractivity contribution < 1.29 is 19.8 Å². The van der Waals surface area contributed by atoms with Gasteiger partial charge < -0.3 is 20.4 Å². The highest BCUT2D eigenvalue weighted by molar-refractivity contribution is 5.85. The number of aliphatic carboxylic acids is 1. The zero-order valence-electron chi connectivity index (χ0n) is 8.93. The molecule has 1 amide bonds. The van der Waals surface area contributed by atoms with Gasteiger partial charge in [0, 0.05) is 19.5 Å². The summed E-state index contributed by atoms with van der Waals surface area (Å²) in [5.41, 5.74) is 0. The van der Waals surface area contributed by atoms with Gasteiger partial charge in [0.25, 0.3) is 0 Å². The average molecular weight is 228 g/mol. The second-order valence-corrected chi connectivity index (χ2v) is 3.71. The molecule has 0 aromatic rings. The molecule has 0 aromatic heterocycles. The van der Waals surface area contributed by atoms with E-state index < -0.39 is 18.1 Å². The third kappa shape index (κ3) is 3.04. The summed E-state index contributed by atoms with van der Waals surface area (Å²) in [7, 11) is 0. The summed E-state index contributed by atoms with van der Waals surface area (Å²) in [4.78, 5) is 23.7. The summed E-state index contributed by atoms with van der Waals surface area (Å²) in [5.74, 6) is -1.39. The van der Waals surface area contributed by atoms with Gasteiger partial charge in [-0.25, -0.2) is 4.79 Å². The molecule has 0 saturated carbocycles. The fourth-order valence-electron chi connectivity index (χ4n) is 1.71. The van der Waals surface area contributed by atoms with Gasteiger partial charge in [0.1, 0.15) is 6.04 Å². The van der Waals surface area contributed by atoms with Crippen LogP contribution in [0.5, 0.6) is 0 Å². The molecule has 16 heavy (non-hydrogen) atoms. The van der Waals surface area contributed by atoms with E-state index in [1.807, 2.05) is 0 Å². The molecule has 1 aliphatic rings. The maximum Gasteiger partial charge on any atom is 0.326 e. The van der Waals surface area contributed by atoms with Crippen LogP contribution in [0.15, 0.2) is 12.7 Å². The van der Waals surface area contributed by atoms with Crippen molar-refractivity contribution in [3.63, 3.8) is 0 Å². The molecule has 6 nitrogen and oxygen atoms in total. The van der Waals surface area contributed by atoms with Gasteiger partial charge >= 0.3 is 5.97 Å². The lowest BCUT2D eigenvalue weighted by Crippen LogP contribution is -2.44. The molecule has 0 aromatic carbocycles. The standard InChI is InChI=1S/C10H16N2O4/c1-2-3-11-5-9(14)12-6-7(13)4-8(12)10(15)16/h2,7-8,11,13H,1,3-6H2,(H,15,16)/t7?,8-/m0/s1. The van der Waals surface area contributed by atoms with Crippen LogP contribution in [0.3, 0.4) is 0 Å². The molecule has 3 N–H and O–H groups in total. The van der Waals surface area contributed by atoms with Crippen LogP contribution in [0.25, 0.3) is 0 Å². The number of nitrogens with zero attached hydrogens (tertiary/aromatic N) is 1. The summed E-state index contributed by atoms with van der Waals surface area (Å²) in [5, 5.41) is 21.0. The number of carboxylic acid groups (broad SMARTS) is 1. The molecule has 1 fully saturated rings. The number of amides is 1. The van der Waals surface area contributed by atoms with Crippen molar-refractivity contribution in [2.75, 3.05) is 19.6 Å². The van der Waals surface area contributed by atoms with E-state index in [0.717, 1.165) is 0 Å². The minimum absolute atomic E-state index is 0.0581. The number of nitrogens with one attached hydrogen (secondary N) is 1. The Kier molecular flexibility index (Phi) is 4.45. The average Bonchev–Trinajstić information content (AvgIpc) is 2.61. The van der Waals surface area contributed by atoms with Gasteiger partial charge in [-0.15, -0.1) is 6.58 Å². The van der Waals surface area contributed by atoms with Crippen LogP contribution in [0.4, 0.5) is 0 Å². The second kappa shape index (κ2) is 5.62. The third-order valence-corrected chi connectivity index (χ3v) is 2.45. The van der Waals surface area contributed by atoms with Crippen LogP contribution in [-0.2, 0) is 9.59 Å². The van der Waals surface area contributed by atoms with Crippen LogP contribution >= 0.6 is 0 Å². The highest BCUT2D eigenvalue weighted by atomic mass is 16.4. The molecule has 2 atom stereocenters. The zero-order valence-corrected chi connectivity index (χ0v) is 8.93. The van der Waals surface area contributed by atoms with Gasteiger partial charge in [0.05, 0.1) is 12.6 Å². The molecule has 0 bridgehead atoms. The van der Waals surface area contributed by atoms with Crippen molar-refractivity contribution in [1.82, 2.24) is 10.2 Å². The van der Waals surface area contributed by atoms with Crippen LogP contribution in [0.1, 0.15) is 6.42 Å². The summed E-state index contributed by atoms with van der Waals surface area (Å²) in [6, 6.07) is -0.909. The van der Waals surface area contributed by atoms with Crippen LogP contribution in [0.2, 0.25) is 0 Å². The van der Waals surface area contributed by atoms with E-state index >= 15 is 0 Å². The largest absolute Gasteiger partial charge is 0.480 e. The summed E-state index contributed by atoms with van der Waals surface area (Å²) < 4.78 is 0. The number of hydrogen-bond acceptors (Lipinski definition) is 4. The highest BCUT2D eigenvalue weighted by Crippen LogP contribution is 2.17. The van der Waals surface area contributed by atoms with Crippen molar-refractivity contribution in [3.8, 4) is 0 Å². The lowest BCUT2D eigenvalue weighted by Gasteiger charge is -2.21. The predicted molar refractivity (Wildman–Crippen MR) is 56.8 cm³/mol. The van der Waals surface area contributed by atoms with E-state index in [2.05, 4.69) is 11.9 Å². The monoisotopic (exact) mass is 228 g/mol. The Labute approximate surface area is 93.5 Å². The number of carbonyl (C=O) groups is 2. The van der Waals surface area contributed by atoms with Crippen molar-refractivity contribution in [1.29, 1.82) is 0 Å². The highest BCUT2D eigenvalue weighted by Gasteiger charge is 2.38. The van der Waals surface area contributed by atoms with Gasteiger partial charge in [-0.3, -0.25) is 4.79 Å². The van der Waals surface area contributed by atoms with Crippen molar-refractivity contribution in [2.24, 2.45) is 0 Å². The number of likely N-dealkylation sites (tertiary alicyclic amines) is 1. The molecule has 1 aliphatic heterocycles. The SMILES string of the molecule is C=CCNCC(=O)N1CC(O)C[C@H]1C(=O)O. The van der Waals surface area contributed by atoms with E-state index in [0.29, 0.717) is 6.54 Å². The quantitative estimate of drug-likeness (QED) is 0.406. The summed E-state index contributed by atoms with van der Waals surface area (Å²) >= 11 is 0. The Morgan fingerprint density at radius 3 is 2.81 bits per heavy atom. The molecule has 1 unspecified atom stereocenters. The number of aliphatic hydroxyl groups is 1. The molecule has 90 valence electrons. The van der Waals surface area contributed by atoms with Crippen molar-refractivity contribution in [3.05, 3.63) is 12.7 Å². The fourth-order valence-corrected chi connectivity index (χ4v) is 1.71.